The quantitative estimate of drug-likeness (QED) is 0.669. The zero-order chi connectivity index (χ0) is 9.00. The third-order valence-electron chi connectivity index (χ3n) is 3.22. The zero-order valence-electron chi connectivity index (χ0n) is 7.09. The van der Waals surface area contributed by atoms with Gasteiger partial charge in [0.05, 0.1) is 0 Å². The Morgan fingerprint density at radius 1 is 1.31 bits per heavy atom. The van der Waals surface area contributed by atoms with Gasteiger partial charge in [0.1, 0.15) is 5.78 Å². The van der Waals surface area contributed by atoms with Gasteiger partial charge in [0.2, 0.25) is 0 Å². The Labute approximate surface area is 90.7 Å². The number of hydrogen-bond acceptors (Lipinski definition) is 1. The van der Waals surface area contributed by atoms with Crippen molar-refractivity contribution >= 4 is 28.4 Å². The van der Waals surface area contributed by atoms with E-state index in [-0.39, 0.29) is 5.92 Å². The number of halogens is 1. The maximum absolute atomic E-state index is 11.5. The fourth-order valence-corrected chi connectivity index (χ4v) is 3.15. The summed E-state index contributed by atoms with van der Waals surface area (Å²) in [7, 11) is 0. The summed E-state index contributed by atoms with van der Waals surface area (Å²) in [6, 6.07) is 6.49. The SMILES string of the molecule is O=C1C[C@@H]2C[C@@H]1c1ccc(I)cc12. The number of Topliss-reactive ketones (excluding diaryl/α,β-unsaturated/α-hetero) is 1. The molecule has 0 heterocycles. The van der Waals surface area contributed by atoms with E-state index in [4.69, 9.17) is 0 Å². The first-order valence-electron chi connectivity index (χ1n) is 4.58. The van der Waals surface area contributed by atoms with Crippen LogP contribution in [0, 0.1) is 3.57 Å². The predicted octanol–water partition coefficient (Wildman–Crippen LogP) is 2.83. The molecule has 0 saturated heterocycles. The van der Waals surface area contributed by atoms with Crippen LogP contribution >= 0.6 is 22.6 Å². The molecule has 3 rings (SSSR count). The highest BCUT2D eigenvalue weighted by molar-refractivity contribution is 14.1. The highest BCUT2D eigenvalue weighted by Crippen LogP contribution is 2.51. The predicted molar refractivity (Wildman–Crippen MR) is 58.9 cm³/mol. The Balaban J connectivity index is 2.21. The minimum Gasteiger partial charge on any atom is -0.299 e. The molecule has 66 valence electrons. The smallest absolute Gasteiger partial charge is 0.140 e. The van der Waals surface area contributed by atoms with Crippen LogP contribution in [-0.2, 0) is 4.79 Å². The normalized spacial score (nSPS) is 29.5. The summed E-state index contributed by atoms with van der Waals surface area (Å²) in [6.45, 7) is 0. The zero-order valence-corrected chi connectivity index (χ0v) is 9.24. The molecule has 1 fully saturated rings. The molecule has 0 spiro atoms. The van der Waals surface area contributed by atoms with Gasteiger partial charge < -0.3 is 0 Å². The fraction of sp³-hybridized carbons (Fsp3) is 0.364. The van der Waals surface area contributed by atoms with E-state index >= 15 is 0 Å². The highest BCUT2D eigenvalue weighted by atomic mass is 127. The molecule has 2 atom stereocenters. The molecule has 1 saturated carbocycles. The minimum atomic E-state index is 0.247. The number of hydrogen-bond donors (Lipinski definition) is 0. The van der Waals surface area contributed by atoms with Crippen molar-refractivity contribution in [1.29, 1.82) is 0 Å². The van der Waals surface area contributed by atoms with Gasteiger partial charge in [-0.05, 0) is 58.2 Å². The summed E-state index contributed by atoms with van der Waals surface area (Å²) >= 11 is 2.33. The third-order valence-corrected chi connectivity index (χ3v) is 3.89. The van der Waals surface area contributed by atoms with Gasteiger partial charge in [-0.2, -0.15) is 0 Å². The number of rotatable bonds is 0. The van der Waals surface area contributed by atoms with Crippen LogP contribution in [0.2, 0.25) is 0 Å². The van der Waals surface area contributed by atoms with E-state index in [1.165, 1.54) is 14.7 Å². The Bertz CT molecular complexity index is 397. The second kappa shape index (κ2) is 2.56. The maximum Gasteiger partial charge on any atom is 0.140 e. The average Bonchev–Trinajstić information content (AvgIpc) is 2.61. The summed E-state index contributed by atoms with van der Waals surface area (Å²) in [5.41, 5.74) is 2.75. The molecule has 2 bridgehead atoms. The lowest BCUT2D eigenvalue weighted by Crippen LogP contribution is -2.08. The molecule has 0 unspecified atom stereocenters. The molecule has 0 amide bonds. The van der Waals surface area contributed by atoms with Gasteiger partial charge in [-0.25, -0.2) is 0 Å². The van der Waals surface area contributed by atoms with Crippen LogP contribution in [-0.4, -0.2) is 5.78 Å². The summed E-state index contributed by atoms with van der Waals surface area (Å²) in [5, 5.41) is 0. The van der Waals surface area contributed by atoms with Crippen LogP contribution in [0.5, 0.6) is 0 Å². The van der Waals surface area contributed by atoms with E-state index in [0.29, 0.717) is 11.7 Å². The first kappa shape index (κ1) is 7.97. The summed E-state index contributed by atoms with van der Waals surface area (Å²) in [4.78, 5) is 11.5. The molecule has 2 heteroatoms. The number of fused-ring (bicyclic) bond motifs is 5. The summed E-state index contributed by atoms with van der Waals surface area (Å²) in [6.07, 6.45) is 1.87. The maximum atomic E-state index is 11.5. The second-order valence-electron chi connectivity index (χ2n) is 3.93. The Kier molecular flexibility index (Phi) is 1.57. The Morgan fingerprint density at radius 3 is 3.00 bits per heavy atom. The standard InChI is InChI=1S/C11H9IO/c12-7-1-2-8-9(5-7)6-3-10(8)11(13)4-6/h1-2,5-6,10H,3-4H2/t6-,10+/m0/s1. The molecular weight excluding hydrogens is 275 g/mol. The van der Waals surface area contributed by atoms with E-state index in [9.17, 15) is 4.79 Å². The summed E-state index contributed by atoms with van der Waals surface area (Å²) < 4.78 is 1.29. The minimum absolute atomic E-state index is 0.247. The van der Waals surface area contributed by atoms with Gasteiger partial charge in [0.15, 0.2) is 0 Å². The molecule has 1 aromatic carbocycles. The van der Waals surface area contributed by atoms with Gasteiger partial charge in [0, 0.05) is 15.9 Å². The lowest BCUT2D eigenvalue weighted by Gasteiger charge is -2.13. The lowest BCUT2D eigenvalue weighted by molar-refractivity contribution is -0.118. The van der Waals surface area contributed by atoms with Crippen LogP contribution in [0.25, 0.3) is 0 Å². The molecular formula is C11H9IO. The van der Waals surface area contributed by atoms with Crippen molar-refractivity contribution in [3.63, 3.8) is 0 Å². The molecule has 0 aliphatic heterocycles. The van der Waals surface area contributed by atoms with E-state index in [0.717, 1.165) is 12.8 Å². The van der Waals surface area contributed by atoms with Crippen LogP contribution in [0.3, 0.4) is 0 Å². The average molecular weight is 284 g/mol. The van der Waals surface area contributed by atoms with Crippen LogP contribution in [0.1, 0.15) is 35.8 Å². The van der Waals surface area contributed by atoms with Crippen molar-refractivity contribution in [3.8, 4) is 0 Å². The van der Waals surface area contributed by atoms with Crippen LogP contribution < -0.4 is 0 Å². The number of carbonyl (C=O) groups is 1. The third kappa shape index (κ3) is 1.01. The molecule has 1 aromatic rings. The fourth-order valence-electron chi connectivity index (χ4n) is 2.64. The topological polar surface area (TPSA) is 17.1 Å². The molecule has 13 heavy (non-hydrogen) atoms. The largest absolute Gasteiger partial charge is 0.299 e. The van der Waals surface area contributed by atoms with E-state index in [1.54, 1.807) is 0 Å². The van der Waals surface area contributed by atoms with Crippen molar-refractivity contribution in [2.45, 2.75) is 24.7 Å². The Morgan fingerprint density at radius 2 is 2.15 bits per heavy atom. The molecule has 1 nitrogen and oxygen atoms in total. The van der Waals surface area contributed by atoms with Gasteiger partial charge in [-0.3, -0.25) is 4.79 Å². The van der Waals surface area contributed by atoms with Gasteiger partial charge in [-0.15, -0.1) is 0 Å². The van der Waals surface area contributed by atoms with E-state index in [2.05, 4.69) is 40.8 Å². The lowest BCUT2D eigenvalue weighted by atomic mass is 9.91. The first-order chi connectivity index (χ1) is 6.25. The van der Waals surface area contributed by atoms with Crippen LogP contribution in [0.15, 0.2) is 18.2 Å². The summed E-state index contributed by atoms with van der Waals surface area (Å²) in [5.74, 6) is 1.25. The van der Waals surface area contributed by atoms with Gasteiger partial charge >= 0.3 is 0 Å². The molecule has 2 aliphatic carbocycles. The van der Waals surface area contributed by atoms with Gasteiger partial charge in [-0.1, -0.05) is 6.07 Å². The number of benzene rings is 1. The monoisotopic (exact) mass is 284 g/mol. The highest BCUT2D eigenvalue weighted by Gasteiger charge is 2.42. The Hall–Kier alpha value is -0.380. The van der Waals surface area contributed by atoms with E-state index < -0.39 is 0 Å². The van der Waals surface area contributed by atoms with E-state index in [1.807, 2.05) is 0 Å². The van der Waals surface area contributed by atoms with Crippen molar-refractivity contribution in [1.82, 2.24) is 0 Å². The first-order valence-corrected chi connectivity index (χ1v) is 5.65. The second-order valence-corrected chi connectivity index (χ2v) is 5.17. The molecule has 0 N–H and O–H groups in total. The van der Waals surface area contributed by atoms with Crippen LogP contribution in [0.4, 0.5) is 0 Å². The molecule has 2 aliphatic rings. The molecule has 0 aromatic heterocycles. The number of ketones is 1. The van der Waals surface area contributed by atoms with Crippen molar-refractivity contribution < 1.29 is 4.79 Å². The molecule has 0 radical (unpaired) electrons. The van der Waals surface area contributed by atoms with Crippen molar-refractivity contribution in [3.05, 3.63) is 32.9 Å². The van der Waals surface area contributed by atoms with Crippen molar-refractivity contribution in [2.24, 2.45) is 0 Å². The number of carbonyl (C=O) groups excluding carboxylic acids is 1. The van der Waals surface area contributed by atoms with Gasteiger partial charge in [0.25, 0.3) is 0 Å². The van der Waals surface area contributed by atoms with Crippen molar-refractivity contribution in [2.75, 3.05) is 0 Å².